The molecule has 0 saturated carbocycles. The maximum atomic E-state index is 8.55. The van der Waals surface area contributed by atoms with Gasteiger partial charge in [-0.05, 0) is 26.7 Å². The van der Waals surface area contributed by atoms with Gasteiger partial charge in [-0.15, -0.1) is 0 Å². The molecule has 0 amide bonds. The fourth-order valence-corrected chi connectivity index (χ4v) is 1.52. The normalized spacial score (nSPS) is 15.4. The zero-order valence-corrected chi connectivity index (χ0v) is 9.38. The lowest BCUT2D eigenvalue weighted by Crippen LogP contribution is -2.40. The molecule has 2 unspecified atom stereocenters. The number of rotatable bonds is 6. The van der Waals surface area contributed by atoms with Crippen molar-refractivity contribution in [2.45, 2.75) is 59.0 Å². The minimum absolute atomic E-state index is 0.600. The first-order valence-electron chi connectivity index (χ1n) is 5.30. The summed E-state index contributed by atoms with van der Waals surface area (Å²) in [5.74, 6) is 0. The number of nitrogens with zero attached hydrogens (tertiary/aromatic N) is 2. The van der Waals surface area contributed by atoms with Gasteiger partial charge in [-0.25, -0.2) is 0 Å². The summed E-state index contributed by atoms with van der Waals surface area (Å²) in [6, 6.07) is 3.41. The van der Waals surface area contributed by atoms with E-state index in [1.165, 1.54) is 0 Å². The van der Waals surface area contributed by atoms with Crippen molar-refractivity contribution < 1.29 is 0 Å². The van der Waals surface area contributed by atoms with Crippen LogP contribution in [-0.4, -0.2) is 23.5 Å². The van der Waals surface area contributed by atoms with E-state index in [9.17, 15) is 0 Å². The van der Waals surface area contributed by atoms with Gasteiger partial charge in [0.15, 0.2) is 0 Å². The van der Waals surface area contributed by atoms with Crippen LogP contribution in [0.15, 0.2) is 0 Å². The molecule has 76 valence electrons. The van der Waals surface area contributed by atoms with Crippen LogP contribution < -0.4 is 0 Å². The zero-order chi connectivity index (χ0) is 10.3. The molecule has 0 aromatic heterocycles. The molecule has 0 aliphatic heterocycles. The highest BCUT2D eigenvalue weighted by Crippen LogP contribution is 2.11. The second-order valence-electron chi connectivity index (χ2n) is 3.66. The first-order valence-corrected chi connectivity index (χ1v) is 5.30. The molecule has 2 heteroatoms. The molecule has 0 radical (unpaired) electrons. The molecule has 0 bridgehead atoms. The van der Waals surface area contributed by atoms with Crippen molar-refractivity contribution in [1.82, 2.24) is 4.90 Å². The van der Waals surface area contributed by atoms with Crippen molar-refractivity contribution in [3.8, 4) is 6.07 Å². The predicted molar refractivity (Wildman–Crippen MR) is 56.4 cm³/mol. The fraction of sp³-hybridized carbons (Fsp3) is 0.909. The molecular formula is C11H22N2. The van der Waals surface area contributed by atoms with Crippen molar-refractivity contribution in [2.75, 3.05) is 6.54 Å². The van der Waals surface area contributed by atoms with Crippen LogP contribution in [0, 0.1) is 11.3 Å². The lowest BCUT2D eigenvalue weighted by molar-refractivity contribution is 0.149. The van der Waals surface area contributed by atoms with Gasteiger partial charge in [-0.2, -0.15) is 5.26 Å². The lowest BCUT2D eigenvalue weighted by Gasteiger charge is -2.33. The second-order valence-corrected chi connectivity index (χ2v) is 3.66. The smallest absolute Gasteiger partial charge is 0.0635 e. The van der Waals surface area contributed by atoms with Crippen LogP contribution >= 0.6 is 0 Å². The third-order valence-corrected chi connectivity index (χ3v) is 2.80. The van der Waals surface area contributed by atoms with Crippen molar-refractivity contribution in [3.05, 3.63) is 0 Å². The Kier molecular flexibility index (Phi) is 6.62. The monoisotopic (exact) mass is 182 g/mol. The Labute approximate surface area is 82.5 Å². The van der Waals surface area contributed by atoms with Gasteiger partial charge >= 0.3 is 0 Å². The summed E-state index contributed by atoms with van der Waals surface area (Å²) in [4.78, 5) is 2.43. The highest BCUT2D eigenvalue weighted by Gasteiger charge is 2.16. The summed E-state index contributed by atoms with van der Waals surface area (Å²) in [6.07, 6.45) is 2.97. The first kappa shape index (κ1) is 12.4. The molecule has 2 atom stereocenters. The van der Waals surface area contributed by atoms with E-state index < -0.39 is 0 Å². The van der Waals surface area contributed by atoms with Crippen LogP contribution in [0.4, 0.5) is 0 Å². The minimum Gasteiger partial charge on any atom is -0.297 e. The SMILES string of the molecule is CCC(C)N(CCC#N)C(C)CC. The molecule has 0 aromatic carbocycles. The summed E-state index contributed by atoms with van der Waals surface area (Å²) >= 11 is 0. The topological polar surface area (TPSA) is 27.0 Å². The highest BCUT2D eigenvalue weighted by molar-refractivity contribution is 4.78. The van der Waals surface area contributed by atoms with Gasteiger partial charge in [0.25, 0.3) is 0 Å². The Morgan fingerprint density at radius 3 is 1.92 bits per heavy atom. The summed E-state index contributed by atoms with van der Waals surface area (Å²) in [5.41, 5.74) is 0. The minimum atomic E-state index is 0.600. The quantitative estimate of drug-likeness (QED) is 0.631. The van der Waals surface area contributed by atoms with Crippen molar-refractivity contribution in [3.63, 3.8) is 0 Å². The molecule has 0 saturated heterocycles. The van der Waals surface area contributed by atoms with Gasteiger partial charge in [0.2, 0.25) is 0 Å². The average molecular weight is 182 g/mol. The first-order chi connectivity index (χ1) is 6.17. The van der Waals surface area contributed by atoms with Crippen molar-refractivity contribution in [1.29, 1.82) is 5.26 Å². The van der Waals surface area contributed by atoms with E-state index >= 15 is 0 Å². The van der Waals surface area contributed by atoms with E-state index in [0.717, 1.165) is 19.4 Å². The Bertz CT molecular complexity index is 150. The van der Waals surface area contributed by atoms with E-state index in [2.05, 4.69) is 38.7 Å². The Morgan fingerprint density at radius 2 is 1.62 bits per heavy atom. The van der Waals surface area contributed by atoms with Crippen molar-refractivity contribution in [2.24, 2.45) is 0 Å². The molecule has 0 spiro atoms. The van der Waals surface area contributed by atoms with Crippen LogP contribution in [-0.2, 0) is 0 Å². The Hall–Kier alpha value is -0.550. The zero-order valence-electron chi connectivity index (χ0n) is 9.38. The van der Waals surface area contributed by atoms with Gasteiger partial charge in [-0.3, -0.25) is 4.90 Å². The molecule has 0 aromatic rings. The van der Waals surface area contributed by atoms with Crippen LogP contribution in [0.2, 0.25) is 0 Å². The van der Waals surface area contributed by atoms with Crippen LogP contribution in [0.1, 0.15) is 47.0 Å². The van der Waals surface area contributed by atoms with E-state index in [1.54, 1.807) is 0 Å². The van der Waals surface area contributed by atoms with E-state index in [0.29, 0.717) is 18.5 Å². The maximum Gasteiger partial charge on any atom is 0.0635 e. The lowest BCUT2D eigenvalue weighted by atomic mass is 10.1. The molecular weight excluding hydrogens is 160 g/mol. The molecule has 2 nitrogen and oxygen atoms in total. The molecule has 0 aliphatic rings. The third kappa shape index (κ3) is 4.28. The Balaban J connectivity index is 4.11. The largest absolute Gasteiger partial charge is 0.297 e. The molecule has 13 heavy (non-hydrogen) atoms. The summed E-state index contributed by atoms with van der Waals surface area (Å²) in [5, 5.41) is 8.55. The number of hydrogen-bond acceptors (Lipinski definition) is 2. The summed E-state index contributed by atoms with van der Waals surface area (Å²) in [7, 11) is 0. The average Bonchev–Trinajstić information content (AvgIpc) is 2.17. The van der Waals surface area contributed by atoms with E-state index in [-0.39, 0.29) is 0 Å². The highest BCUT2D eigenvalue weighted by atomic mass is 15.2. The molecule has 0 rings (SSSR count). The van der Waals surface area contributed by atoms with Gasteiger partial charge in [-0.1, -0.05) is 13.8 Å². The summed E-state index contributed by atoms with van der Waals surface area (Å²) < 4.78 is 0. The molecule has 0 N–H and O–H groups in total. The van der Waals surface area contributed by atoms with Gasteiger partial charge in [0, 0.05) is 25.0 Å². The van der Waals surface area contributed by atoms with Crippen LogP contribution in [0.5, 0.6) is 0 Å². The van der Waals surface area contributed by atoms with Gasteiger partial charge in [0.05, 0.1) is 6.07 Å². The third-order valence-electron chi connectivity index (χ3n) is 2.80. The maximum absolute atomic E-state index is 8.55. The molecule has 0 fully saturated rings. The van der Waals surface area contributed by atoms with E-state index in [4.69, 9.17) is 5.26 Å². The van der Waals surface area contributed by atoms with Gasteiger partial charge < -0.3 is 0 Å². The number of nitriles is 1. The van der Waals surface area contributed by atoms with Crippen LogP contribution in [0.3, 0.4) is 0 Å². The van der Waals surface area contributed by atoms with Gasteiger partial charge in [0.1, 0.15) is 0 Å². The summed E-state index contributed by atoms with van der Waals surface area (Å²) in [6.45, 7) is 9.80. The number of hydrogen-bond donors (Lipinski definition) is 0. The second kappa shape index (κ2) is 6.91. The predicted octanol–water partition coefficient (Wildman–Crippen LogP) is 2.80. The molecule has 0 heterocycles. The van der Waals surface area contributed by atoms with Crippen LogP contribution in [0.25, 0.3) is 0 Å². The Morgan fingerprint density at radius 1 is 1.15 bits per heavy atom. The van der Waals surface area contributed by atoms with Crippen molar-refractivity contribution >= 4 is 0 Å². The standard InChI is InChI=1S/C11H22N2/c1-5-10(3)13(9-7-8-12)11(4)6-2/h10-11H,5-7,9H2,1-4H3. The fourth-order valence-electron chi connectivity index (χ4n) is 1.52. The van der Waals surface area contributed by atoms with E-state index in [1.807, 2.05) is 0 Å². The molecule has 0 aliphatic carbocycles.